The van der Waals surface area contributed by atoms with E-state index in [1.54, 1.807) is 0 Å². The number of likely N-dealkylation sites (tertiary alicyclic amines) is 1. The Morgan fingerprint density at radius 1 is 0.892 bits per heavy atom. The molecule has 2 bridgehead atoms. The number of rotatable bonds is 8. The van der Waals surface area contributed by atoms with Crippen LogP contribution in [0, 0.1) is 17.8 Å². The fourth-order valence-corrected chi connectivity index (χ4v) is 7.50. The van der Waals surface area contributed by atoms with E-state index in [9.17, 15) is 4.79 Å². The first-order valence-corrected chi connectivity index (χ1v) is 13.6. The van der Waals surface area contributed by atoms with Gasteiger partial charge >= 0.3 is 0 Å². The summed E-state index contributed by atoms with van der Waals surface area (Å²) in [5.41, 5.74) is 8.83. The number of nitrogens with zero attached hydrogens (tertiary/aromatic N) is 1. The number of ether oxygens (including phenoxy) is 2. The van der Waals surface area contributed by atoms with Gasteiger partial charge in [-0.1, -0.05) is 66.7 Å². The summed E-state index contributed by atoms with van der Waals surface area (Å²) in [6, 6.07) is 26.8. The van der Waals surface area contributed by atoms with Crippen molar-refractivity contribution in [2.24, 2.45) is 23.5 Å². The molecule has 0 spiro atoms. The summed E-state index contributed by atoms with van der Waals surface area (Å²) in [5.74, 6) is 3.17. The predicted octanol–water partition coefficient (Wildman–Crippen LogP) is 4.92. The average molecular weight is 498 g/mol. The molecule has 5 nitrogen and oxygen atoms in total. The zero-order valence-electron chi connectivity index (χ0n) is 21.6. The molecule has 192 valence electrons. The van der Waals surface area contributed by atoms with Gasteiger partial charge in [-0.25, -0.2) is 0 Å². The molecule has 2 atom stereocenters. The lowest BCUT2D eigenvalue weighted by atomic mass is 9.64. The first-order valence-electron chi connectivity index (χ1n) is 13.6. The normalized spacial score (nSPS) is 26.2. The summed E-state index contributed by atoms with van der Waals surface area (Å²) in [6.07, 6.45) is 4.29. The highest BCUT2D eigenvalue weighted by Gasteiger charge is 2.53. The van der Waals surface area contributed by atoms with Gasteiger partial charge in [-0.05, 0) is 54.0 Å². The fourth-order valence-electron chi connectivity index (χ4n) is 7.50. The number of nitrogens with two attached hydrogens (primary N) is 1. The summed E-state index contributed by atoms with van der Waals surface area (Å²) in [5, 5.41) is 0. The average Bonchev–Trinajstić information content (AvgIpc) is 3.48. The number of primary amides is 1. The minimum atomic E-state index is -0.804. The summed E-state index contributed by atoms with van der Waals surface area (Å²) in [7, 11) is 2.42. The largest absolute Gasteiger partial charge is 0.454 e. The van der Waals surface area contributed by atoms with Gasteiger partial charge in [0.05, 0.1) is 32.1 Å². The topological polar surface area (TPSA) is 61.6 Å². The van der Waals surface area contributed by atoms with Crippen molar-refractivity contribution in [2.75, 3.05) is 33.5 Å². The molecule has 2 unspecified atom stereocenters. The molecule has 3 aromatic carbocycles. The monoisotopic (exact) mass is 497 g/mol. The van der Waals surface area contributed by atoms with Crippen LogP contribution in [0.1, 0.15) is 36.0 Å². The van der Waals surface area contributed by atoms with E-state index in [2.05, 4.69) is 43.4 Å². The van der Waals surface area contributed by atoms with Crippen LogP contribution in [0.2, 0.25) is 0 Å². The molecule has 0 aromatic heterocycles. The number of piperidine rings is 1. The lowest BCUT2D eigenvalue weighted by Gasteiger charge is -2.47. The molecule has 1 saturated heterocycles. The van der Waals surface area contributed by atoms with E-state index >= 15 is 0 Å². The van der Waals surface area contributed by atoms with Crippen molar-refractivity contribution in [3.8, 4) is 11.5 Å². The molecule has 2 fully saturated rings. The van der Waals surface area contributed by atoms with Crippen LogP contribution in [0.4, 0.5) is 0 Å². The summed E-state index contributed by atoms with van der Waals surface area (Å²) in [4.78, 5) is 13.4. The first-order chi connectivity index (χ1) is 18.0. The van der Waals surface area contributed by atoms with Crippen molar-refractivity contribution < 1.29 is 18.8 Å². The maximum absolute atomic E-state index is 13.4. The highest BCUT2D eigenvalue weighted by molar-refractivity contribution is 5.90. The molecule has 2 heterocycles. The van der Waals surface area contributed by atoms with Gasteiger partial charge in [0.2, 0.25) is 12.7 Å². The molecule has 6 rings (SSSR count). The van der Waals surface area contributed by atoms with Crippen molar-refractivity contribution in [3.63, 3.8) is 0 Å². The molecule has 1 aliphatic carbocycles. The number of quaternary nitrogens is 1. The Kier molecular flexibility index (Phi) is 6.20. The second-order valence-electron chi connectivity index (χ2n) is 11.6. The van der Waals surface area contributed by atoms with Gasteiger partial charge in [-0.15, -0.1) is 0 Å². The number of likely N-dealkylation sites (N-methyl/N-ethyl adjacent to an activating group) is 1. The molecule has 2 N–H and O–H groups in total. The van der Waals surface area contributed by atoms with Crippen LogP contribution in [-0.2, 0) is 16.6 Å². The van der Waals surface area contributed by atoms with Crippen molar-refractivity contribution in [1.29, 1.82) is 0 Å². The van der Waals surface area contributed by atoms with Gasteiger partial charge in [0, 0.05) is 18.3 Å². The smallest absolute Gasteiger partial charge is 0.232 e. The van der Waals surface area contributed by atoms with Crippen LogP contribution in [0.25, 0.3) is 0 Å². The van der Waals surface area contributed by atoms with E-state index < -0.39 is 5.41 Å². The predicted molar refractivity (Wildman–Crippen MR) is 144 cm³/mol. The molecule has 5 heteroatoms. The molecule has 3 aromatic rings. The van der Waals surface area contributed by atoms with Crippen LogP contribution >= 0.6 is 0 Å². The van der Waals surface area contributed by atoms with E-state index in [-0.39, 0.29) is 5.91 Å². The molecule has 37 heavy (non-hydrogen) atoms. The Morgan fingerprint density at radius 2 is 1.49 bits per heavy atom. The Balaban J connectivity index is 1.23. The molecular weight excluding hydrogens is 460 g/mol. The molecule has 1 saturated carbocycles. The van der Waals surface area contributed by atoms with Gasteiger partial charge < -0.3 is 19.7 Å². The quantitative estimate of drug-likeness (QED) is 0.449. The van der Waals surface area contributed by atoms with E-state index in [1.165, 1.54) is 18.4 Å². The van der Waals surface area contributed by atoms with Crippen LogP contribution < -0.4 is 15.2 Å². The zero-order chi connectivity index (χ0) is 25.5. The molecule has 1 amide bonds. The van der Waals surface area contributed by atoms with Crippen LogP contribution in [0.15, 0.2) is 78.9 Å². The number of fused-ring (bicyclic) bond motifs is 3. The van der Waals surface area contributed by atoms with E-state index in [1.807, 2.05) is 42.5 Å². The third-order valence-corrected chi connectivity index (χ3v) is 9.34. The lowest BCUT2D eigenvalue weighted by Crippen LogP contribution is -2.57. The number of amides is 1. The zero-order valence-corrected chi connectivity index (χ0v) is 21.6. The van der Waals surface area contributed by atoms with E-state index in [0.717, 1.165) is 59.6 Å². The number of carbonyl (C=O) groups excluding carboxylic acids is 1. The number of hydrogen-bond donors (Lipinski definition) is 1. The van der Waals surface area contributed by atoms with Gasteiger partial charge in [0.25, 0.3) is 0 Å². The fraction of sp³-hybridized carbons (Fsp3) is 0.406. The Labute approximate surface area is 219 Å². The third-order valence-electron chi connectivity index (χ3n) is 9.34. The van der Waals surface area contributed by atoms with Crippen LogP contribution in [-0.4, -0.2) is 43.9 Å². The molecular formula is C32H37N2O3+. The molecule has 0 radical (unpaired) electrons. The van der Waals surface area contributed by atoms with Crippen LogP contribution in [0.5, 0.6) is 11.5 Å². The number of hydrogen-bond acceptors (Lipinski definition) is 3. The second-order valence-corrected chi connectivity index (χ2v) is 11.6. The maximum atomic E-state index is 13.4. The SMILES string of the molecule is C[N+]1(CCc2ccc3c(c2)OCO3)CC2CCC(C1)C2CC(C(N)=O)(c1ccccc1)c1ccccc1. The minimum absolute atomic E-state index is 0.241. The van der Waals surface area contributed by atoms with E-state index in [4.69, 9.17) is 15.2 Å². The Morgan fingerprint density at radius 3 is 2.08 bits per heavy atom. The van der Waals surface area contributed by atoms with Gasteiger partial charge in [0.1, 0.15) is 0 Å². The highest BCUT2D eigenvalue weighted by Crippen LogP contribution is 2.51. The highest BCUT2D eigenvalue weighted by atomic mass is 16.7. The Bertz CT molecular complexity index is 1210. The van der Waals surface area contributed by atoms with Gasteiger partial charge in [0.15, 0.2) is 11.5 Å². The summed E-state index contributed by atoms with van der Waals surface area (Å²) in [6.45, 7) is 3.74. The summed E-state index contributed by atoms with van der Waals surface area (Å²) >= 11 is 0. The first kappa shape index (κ1) is 24.1. The Hall–Kier alpha value is -3.31. The van der Waals surface area contributed by atoms with E-state index in [0.29, 0.717) is 24.5 Å². The van der Waals surface area contributed by atoms with Crippen molar-refractivity contribution in [3.05, 3.63) is 95.6 Å². The van der Waals surface area contributed by atoms with Gasteiger partial charge in [-0.2, -0.15) is 0 Å². The van der Waals surface area contributed by atoms with Crippen molar-refractivity contribution in [1.82, 2.24) is 0 Å². The van der Waals surface area contributed by atoms with Gasteiger partial charge in [-0.3, -0.25) is 4.79 Å². The number of benzene rings is 3. The standard InChI is InChI=1S/C32H36N2O3/c1-34(17-16-23-12-15-29-30(18-23)37-22-36-29)20-24-13-14-25(21-34)28(24)19-32(31(33)35,26-8-4-2-5-9-26)27-10-6-3-7-11-27/h2-12,15,18,24-25,28H,13-14,16-17,19-22H2,1H3,(H-,33,35)/p+1. The number of carbonyl (C=O) groups is 1. The third kappa shape index (κ3) is 4.40. The minimum Gasteiger partial charge on any atom is -0.454 e. The molecule has 3 aliphatic rings. The van der Waals surface area contributed by atoms with Crippen molar-refractivity contribution in [2.45, 2.75) is 31.1 Å². The summed E-state index contributed by atoms with van der Waals surface area (Å²) < 4.78 is 12.1. The lowest BCUT2D eigenvalue weighted by molar-refractivity contribution is -0.920. The van der Waals surface area contributed by atoms with Crippen LogP contribution in [0.3, 0.4) is 0 Å². The molecule has 2 aliphatic heterocycles. The second kappa shape index (κ2) is 9.53. The maximum Gasteiger partial charge on any atom is 0.232 e. The van der Waals surface area contributed by atoms with Crippen molar-refractivity contribution >= 4 is 5.91 Å².